The molecule has 0 fully saturated rings. The molecule has 4 heteroatoms. The van der Waals surface area contributed by atoms with Crippen molar-refractivity contribution < 1.29 is 9.53 Å². The number of ether oxygens (including phenoxy) is 1. The van der Waals surface area contributed by atoms with Gasteiger partial charge in [0.1, 0.15) is 6.61 Å². The van der Waals surface area contributed by atoms with Crippen molar-refractivity contribution in [2.45, 2.75) is 103 Å². The van der Waals surface area contributed by atoms with Gasteiger partial charge < -0.3 is 9.64 Å². The standard InChI is InChI=1S/C30H48N2O2/c1-5-7-8-9-10-11-12-13-14-15-16-17-18-19-29(27(24-31)25-34-30(33)6-2)26-20-22-28(23-21-26)32(3)4/h6,20-23,27,29H,2,5,7-19,25H2,1,3-4H3. The van der Waals surface area contributed by atoms with E-state index in [0.717, 1.165) is 30.2 Å². The Kier molecular flexibility index (Phi) is 16.7. The first kappa shape index (κ1) is 29.8. The summed E-state index contributed by atoms with van der Waals surface area (Å²) >= 11 is 0. The van der Waals surface area contributed by atoms with Gasteiger partial charge in [0.25, 0.3) is 0 Å². The van der Waals surface area contributed by atoms with E-state index in [1.165, 1.54) is 77.0 Å². The van der Waals surface area contributed by atoms with E-state index in [4.69, 9.17) is 4.74 Å². The number of nitrogens with zero attached hydrogens (tertiary/aromatic N) is 2. The maximum atomic E-state index is 11.5. The molecule has 0 aliphatic carbocycles. The first-order chi connectivity index (χ1) is 16.5. The second kappa shape index (κ2) is 19.1. The van der Waals surface area contributed by atoms with Crippen LogP contribution < -0.4 is 4.90 Å². The summed E-state index contributed by atoms with van der Waals surface area (Å²) in [5, 5.41) is 9.81. The Morgan fingerprint density at radius 2 is 1.44 bits per heavy atom. The van der Waals surface area contributed by atoms with E-state index in [0.29, 0.717) is 0 Å². The Labute approximate surface area is 209 Å². The Morgan fingerprint density at radius 1 is 0.941 bits per heavy atom. The van der Waals surface area contributed by atoms with Crippen LogP contribution in [0.3, 0.4) is 0 Å². The Bertz CT molecular complexity index is 706. The third-order valence-electron chi connectivity index (χ3n) is 6.68. The van der Waals surface area contributed by atoms with E-state index in [9.17, 15) is 10.1 Å². The molecule has 0 aromatic heterocycles. The number of anilines is 1. The molecule has 0 saturated heterocycles. The summed E-state index contributed by atoms with van der Waals surface area (Å²) in [6.45, 7) is 5.83. The van der Waals surface area contributed by atoms with Crippen LogP contribution in [0.15, 0.2) is 36.9 Å². The molecule has 0 aliphatic rings. The van der Waals surface area contributed by atoms with E-state index in [-0.39, 0.29) is 18.4 Å². The largest absolute Gasteiger partial charge is 0.461 e. The van der Waals surface area contributed by atoms with Gasteiger partial charge in [0.2, 0.25) is 0 Å². The molecule has 1 rings (SSSR count). The van der Waals surface area contributed by atoms with Crippen LogP contribution >= 0.6 is 0 Å². The summed E-state index contributed by atoms with van der Waals surface area (Å²) < 4.78 is 5.24. The smallest absolute Gasteiger partial charge is 0.330 e. The maximum absolute atomic E-state index is 11.5. The minimum absolute atomic E-state index is 0.0616. The highest BCUT2D eigenvalue weighted by Crippen LogP contribution is 2.32. The first-order valence-corrected chi connectivity index (χ1v) is 13.5. The number of rotatable bonds is 20. The zero-order valence-corrected chi connectivity index (χ0v) is 22.1. The summed E-state index contributed by atoms with van der Waals surface area (Å²) in [5.74, 6) is -0.763. The molecule has 190 valence electrons. The molecule has 34 heavy (non-hydrogen) atoms. The molecular weight excluding hydrogens is 420 g/mol. The Hall–Kier alpha value is -2.28. The van der Waals surface area contributed by atoms with Crippen molar-refractivity contribution in [3.8, 4) is 6.07 Å². The van der Waals surface area contributed by atoms with Gasteiger partial charge in [0.15, 0.2) is 0 Å². The zero-order valence-electron chi connectivity index (χ0n) is 22.1. The van der Waals surface area contributed by atoms with E-state index in [1.807, 2.05) is 14.1 Å². The molecule has 0 spiro atoms. The van der Waals surface area contributed by atoms with Crippen LogP contribution in [0.25, 0.3) is 0 Å². The van der Waals surface area contributed by atoms with E-state index in [1.54, 1.807) is 0 Å². The van der Waals surface area contributed by atoms with Gasteiger partial charge in [-0.05, 0) is 24.1 Å². The van der Waals surface area contributed by atoms with Gasteiger partial charge in [0, 0.05) is 31.8 Å². The lowest BCUT2D eigenvalue weighted by Crippen LogP contribution is -2.19. The number of carbonyl (C=O) groups is 1. The van der Waals surface area contributed by atoms with E-state index >= 15 is 0 Å². The minimum atomic E-state index is -0.470. The van der Waals surface area contributed by atoms with Crippen LogP contribution in [0.5, 0.6) is 0 Å². The third-order valence-corrected chi connectivity index (χ3v) is 6.68. The van der Waals surface area contributed by atoms with Gasteiger partial charge in [0.05, 0.1) is 12.0 Å². The van der Waals surface area contributed by atoms with Gasteiger partial charge in [-0.3, -0.25) is 0 Å². The highest BCUT2D eigenvalue weighted by atomic mass is 16.5. The van der Waals surface area contributed by atoms with Crippen molar-refractivity contribution in [3.05, 3.63) is 42.5 Å². The molecule has 0 aliphatic heterocycles. The van der Waals surface area contributed by atoms with Crippen molar-refractivity contribution in [1.82, 2.24) is 0 Å². The lowest BCUT2D eigenvalue weighted by Gasteiger charge is -2.23. The molecule has 1 aromatic carbocycles. The van der Waals surface area contributed by atoms with Crippen molar-refractivity contribution >= 4 is 11.7 Å². The monoisotopic (exact) mass is 468 g/mol. The molecule has 2 atom stereocenters. The number of carbonyl (C=O) groups excluding carboxylic acids is 1. The molecule has 1 aromatic rings. The van der Waals surface area contributed by atoms with E-state index in [2.05, 4.69) is 48.7 Å². The second-order valence-electron chi connectivity index (χ2n) is 9.69. The van der Waals surface area contributed by atoms with Crippen LogP contribution in [0.1, 0.15) is 108 Å². The highest BCUT2D eigenvalue weighted by molar-refractivity contribution is 5.81. The molecule has 0 saturated carbocycles. The van der Waals surface area contributed by atoms with Gasteiger partial charge in [-0.2, -0.15) is 5.26 Å². The zero-order chi connectivity index (χ0) is 25.0. The molecule has 0 heterocycles. The molecule has 0 amide bonds. The van der Waals surface area contributed by atoms with Gasteiger partial charge >= 0.3 is 5.97 Å². The predicted molar refractivity (Wildman–Crippen MR) is 144 cm³/mol. The van der Waals surface area contributed by atoms with Crippen molar-refractivity contribution in [2.75, 3.05) is 25.6 Å². The average molecular weight is 469 g/mol. The highest BCUT2D eigenvalue weighted by Gasteiger charge is 2.24. The fourth-order valence-corrected chi connectivity index (χ4v) is 4.48. The van der Waals surface area contributed by atoms with Gasteiger partial charge in [-0.25, -0.2) is 4.79 Å². The van der Waals surface area contributed by atoms with Crippen molar-refractivity contribution in [2.24, 2.45) is 5.92 Å². The Morgan fingerprint density at radius 3 is 1.88 bits per heavy atom. The van der Waals surface area contributed by atoms with Gasteiger partial charge in [-0.15, -0.1) is 0 Å². The quantitative estimate of drug-likeness (QED) is 0.110. The fourth-order valence-electron chi connectivity index (χ4n) is 4.48. The summed E-state index contributed by atoms with van der Waals surface area (Å²) in [6, 6.07) is 10.8. The number of esters is 1. The van der Waals surface area contributed by atoms with E-state index < -0.39 is 5.97 Å². The number of unbranched alkanes of at least 4 members (excludes halogenated alkanes) is 12. The summed E-state index contributed by atoms with van der Waals surface area (Å²) in [4.78, 5) is 13.6. The van der Waals surface area contributed by atoms with Crippen LogP contribution in [-0.4, -0.2) is 26.7 Å². The van der Waals surface area contributed by atoms with Crippen LogP contribution in [0, 0.1) is 17.2 Å². The minimum Gasteiger partial charge on any atom is -0.461 e. The molecule has 4 nitrogen and oxygen atoms in total. The molecule has 0 bridgehead atoms. The lowest BCUT2D eigenvalue weighted by atomic mass is 9.83. The molecule has 2 unspecified atom stereocenters. The first-order valence-electron chi connectivity index (χ1n) is 13.5. The molecule has 0 radical (unpaired) electrons. The maximum Gasteiger partial charge on any atom is 0.330 e. The second-order valence-corrected chi connectivity index (χ2v) is 9.69. The van der Waals surface area contributed by atoms with Crippen LogP contribution in [-0.2, 0) is 9.53 Å². The number of hydrogen-bond donors (Lipinski definition) is 0. The van der Waals surface area contributed by atoms with Crippen LogP contribution in [0.2, 0.25) is 0 Å². The van der Waals surface area contributed by atoms with Gasteiger partial charge in [-0.1, -0.05) is 109 Å². The number of hydrogen-bond acceptors (Lipinski definition) is 4. The Balaban J connectivity index is 2.43. The SMILES string of the molecule is C=CC(=O)OCC(C#N)C(CCCCCCCCCCCCCCC)c1ccc(N(C)C)cc1. The topological polar surface area (TPSA) is 53.3 Å². The third kappa shape index (κ3) is 12.8. The number of benzene rings is 1. The average Bonchev–Trinajstić information content (AvgIpc) is 2.85. The lowest BCUT2D eigenvalue weighted by molar-refractivity contribution is -0.138. The summed E-state index contributed by atoms with van der Waals surface area (Å²) in [5.41, 5.74) is 2.28. The fraction of sp³-hybridized carbons (Fsp3) is 0.667. The summed E-state index contributed by atoms with van der Waals surface area (Å²) in [7, 11) is 4.04. The van der Waals surface area contributed by atoms with Crippen molar-refractivity contribution in [3.63, 3.8) is 0 Å². The molecule has 0 N–H and O–H groups in total. The summed E-state index contributed by atoms with van der Waals surface area (Å²) in [6.07, 6.45) is 19.3. The van der Waals surface area contributed by atoms with Crippen LogP contribution in [0.4, 0.5) is 5.69 Å². The van der Waals surface area contributed by atoms with Crippen molar-refractivity contribution in [1.29, 1.82) is 5.26 Å². The predicted octanol–water partition coefficient (Wildman–Crippen LogP) is 8.19. The normalized spacial score (nSPS) is 12.5. The molecular formula is C30H48N2O2. The number of nitriles is 1.